The maximum Gasteiger partial charge on any atom is 0.573 e. The van der Waals surface area contributed by atoms with Gasteiger partial charge in [-0.25, -0.2) is 12.9 Å². The van der Waals surface area contributed by atoms with Gasteiger partial charge in [0.15, 0.2) is 0 Å². The molecule has 45 heavy (non-hydrogen) atoms. The van der Waals surface area contributed by atoms with Gasteiger partial charge in [-0.1, -0.05) is 23.5 Å². The summed E-state index contributed by atoms with van der Waals surface area (Å²) in [5.74, 6) is -1.89. The molecule has 1 amide bonds. The lowest BCUT2D eigenvalue weighted by atomic mass is 10.2. The molecule has 0 aliphatic carbocycles. The van der Waals surface area contributed by atoms with Gasteiger partial charge in [-0.05, 0) is 42.0 Å². The van der Waals surface area contributed by atoms with Crippen LogP contribution in [0.3, 0.4) is 0 Å². The van der Waals surface area contributed by atoms with Crippen molar-refractivity contribution >= 4 is 37.4 Å². The fourth-order valence-electron chi connectivity index (χ4n) is 4.35. The number of halogens is 6. The molecule has 1 saturated heterocycles. The van der Waals surface area contributed by atoms with Crippen molar-refractivity contribution < 1.29 is 49.0 Å². The van der Waals surface area contributed by atoms with Crippen molar-refractivity contribution in [1.29, 1.82) is 0 Å². The first-order valence-electron chi connectivity index (χ1n) is 12.7. The molecule has 1 atom stereocenters. The summed E-state index contributed by atoms with van der Waals surface area (Å²) in [5.41, 5.74) is -0.120. The summed E-state index contributed by atoms with van der Waals surface area (Å²) >= 11 is 1.03. The zero-order valence-corrected chi connectivity index (χ0v) is 24.1. The second kappa shape index (κ2) is 12.2. The van der Waals surface area contributed by atoms with Crippen molar-refractivity contribution in [1.82, 2.24) is 24.2 Å². The molecule has 0 radical (unpaired) electrons. The van der Waals surface area contributed by atoms with Gasteiger partial charge in [0, 0.05) is 38.4 Å². The Morgan fingerprint density at radius 2 is 1.53 bits per heavy atom. The number of nitrogens with one attached hydrogen (secondary N) is 1. The van der Waals surface area contributed by atoms with E-state index < -0.39 is 56.7 Å². The van der Waals surface area contributed by atoms with Gasteiger partial charge in [0.1, 0.15) is 17.5 Å². The Kier molecular flexibility index (Phi) is 8.64. The summed E-state index contributed by atoms with van der Waals surface area (Å²) in [6, 6.07) is 7.95. The summed E-state index contributed by atoms with van der Waals surface area (Å²) in [4.78, 5) is 30.5. The molecule has 0 unspecified atom stereocenters. The number of hydrogen-bond acceptors (Lipinski definition) is 10. The molecule has 1 aliphatic heterocycles. The van der Waals surface area contributed by atoms with Crippen molar-refractivity contribution in [2.45, 2.75) is 30.2 Å². The van der Waals surface area contributed by atoms with Crippen LogP contribution in [0.15, 0.2) is 70.5 Å². The molecule has 3 heterocycles. The Bertz CT molecular complexity index is 1850. The van der Waals surface area contributed by atoms with Crippen molar-refractivity contribution in [3.8, 4) is 11.5 Å². The van der Waals surface area contributed by atoms with Crippen LogP contribution in [0.2, 0.25) is 0 Å². The van der Waals surface area contributed by atoms with Crippen LogP contribution >= 0.6 is 11.3 Å². The molecule has 0 spiro atoms. The highest BCUT2D eigenvalue weighted by Crippen LogP contribution is 2.30. The minimum absolute atomic E-state index is 0.0452. The van der Waals surface area contributed by atoms with Crippen LogP contribution in [0.4, 0.5) is 31.5 Å². The number of carbonyl (C=O) groups excluding carboxylic acids is 1. The van der Waals surface area contributed by atoms with Crippen molar-refractivity contribution in [2.75, 3.05) is 24.5 Å². The number of nitrogens with zero attached hydrogens (tertiary/aromatic N) is 5. The largest absolute Gasteiger partial charge is 0.573 e. The van der Waals surface area contributed by atoms with E-state index in [-0.39, 0.29) is 31.1 Å². The fourth-order valence-corrected chi connectivity index (χ4v) is 6.84. The van der Waals surface area contributed by atoms with E-state index >= 15 is 0 Å². The molecule has 2 aromatic carbocycles. The predicted octanol–water partition coefficient (Wildman–Crippen LogP) is 3.14. The van der Waals surface area contributed by atoms with Gasteiger partial charge in [0.2, 0.25) is 26.0 Å². The van der Waals surface area contributed by atoms with Gasteiger partial charge < -0.3 is 19.7 Å². The van der Waals surface area contributed by atoms with Gasteiger partial charge in [-0.3, -0.25) is 9.59 Å². The van der Waals surface area contributed by atoms with Crippen LogP contribution in [0.25, 0.3) is 4.96 Å². The van der Waals surface area contributed by atoms with E-state index in [1.807, 2.05) is 0 Å². The first-order valence-corrected chi connectivity index (χ1v) is 14.9. The van der Waals surface area contributed by atoms with Crippen molar-refractivity contribution in [2.24, 2.45) is 0 Å². The Morgan fingerprint density at radius 1 is 0.933 bits per heavy atom. The van der Waals surface area contributed by atoms with Crippen molar-refractivity contribution in [3.63, 3.8) is 0 Å². The van der Waals surface area contributed by atoms with E-state index in [0.717, 1.165) is 52.0 Å². The zero-order valence-electron chi connectivity index (χ0n) is 22.4. The maximum atomic E-state index is 13.6. The van der Waals surface area contributed by atoms with Crippen LogP contribution in [0.5, 0.6) is 11.5 Å². The number of aromatic nitrogens is 3. The van der Waals surface area contributed by atoms with E-state index in [2.05, 4.69) is 24.9 Å². The third kappa shape index (κ3) is 7.81. The van der Waals surface area contributed by atoms with E-state index in [1.54, 1.807) is 4.90 Å². The van der Waals surface area contributed by atoms with E-state index in [1.165, 1.54) is 28.9 Å². The summed E-state index contributed by atoms with van der Waals surface area (Å²) in [6.45, 7) is -0.607. The van der Waals surface area contributed by atoms with Crippen LogP contribution in [0.1, 0.15) is 5.56 Å². The first-order chi connectivity index (χ1) is 21.1. The number of amides is 1. The first kappa shape index (κ1) is 32.0. The van der Waals surface area contributed by atoms with Crippen LogP contribution < -0.4 is 25.2 Å². The van der Waals surface area contributed by atoms with Gasteiger partial charge >= 0.3 is 12.7 Å². The minimum Gasteiger partial charge on any atom is -0.406 e. The number of benzene rings is 2. The lowest BCUT2D eigenvalue weighted by Crippen LogP contribution is -2.60. The molecule has 1 fully saturated rings. The smallest absolute Gasteiger partial charge is 0.406 e. The lowest BCUT2D eigenvalue weighted by molar-refractivity contribution is -0.275. The highest BCUT2D eigenvalue weighted by atomic mass is 32.2. The highest BCUT2D eigenvalue weighted by Gasteiger charge is 2.41. The third-order valence-electron chi connectivity index (χ3n) is 6.33. The second-order valence-corrected chi connectivity index (χ2v) is 12.2. The summed E-state index contributed by atoms with van der Waals surface area (Å²) in [7, 11) is -4.45. The lowest BCUT2D eigenvalue weighted by Gasteiger charge is -2.39. The minimum atomic E-state index is -4.99. The van der Waals surface area contributed by atoms with Crippen LogP contribution in [-0.2, 0) is 21.4 Å². The normalized spacial score (nSPS) is 16.5. The Labute approximate surface area is 253 Å². The monoisotopic (exact) mass is 678 g/mol. The SMILES string of the molecule is O=C(NCc1ccc(OC(F)(F)F)cc1)[C@H]1CN(c2nn3ccc(=O)nc3s2)CCN1S(=O)(=O)c1ccc(OC(F)(F)F)cc1. The molecule has 0 saturated carbocycles. The summed E-state index contributed by atoms with van der Waals surface area (Å²) < 4.78 is 112. The van der Waals surface area contributed by atoms with Gasteiger partial charge in [-0.15, -0.1) is 31.4 Å². The maximum absolute atomic E-state index is 13.6. The Balaban J connectivity index is 1.39. The topological polar surface area (TPSA) is 135 Å². The Hall–Kier alpha value is -4.43. The molecule has 20 heteroatoms. The van der Waals surface area contributed by atoms with Gasteiger partial charge in [0.05, 0.1) is 4.90 Å². The van der Waals surface area contributed by atoms with Crippen molar-refractivity contribution in [3.05, 3.63) is 76.7 Å². The fraction of sp³-hybridized carbons (Fsp3) is 0.280. The average molecular weight is 679 g/mol. The summed E-state index contributed by atoms with van der Waals surface area (Å²) in [6.07, 6.45) is -8.49. The quantitative estimate of drug-likeness (QED) is 0.279. The number of sulfonamides is 1. The number of carbonyl (C=O) groups is 1. The number of alkyl halides is 6. The molecule has 2 aromatic heterocycles. The average Bonchev–Trinajstić information content (AvgIpc) is 3.38. The number of fused-ring (bicyclic) bond motifs is 1. The van der Waals surface area contributed by atoms with E-state index in [9.17, 15) is 44.3 Å². The standard InChI is InChI=1S/C25H20F6N6O6S2/c26-24(27,28)42-16-3-1-15(2-4-16)13-32-21(39)19-14-35(23-34-36-10-9-20(38)33-22(36)44-23)11-12-37(19)45(40,41)18-7-5-17(6-8-18)43-25(29,30)31/h1-10,19H,11-14H2,(H,32,39)/t19-/m1/s1. The highest BCUT2D eigenvalue weighted by molar-refractivity contribution is 7.89. The second-order valence-electron chi connectivity index (χ2n) is 9.38. The van der Waals surface area contributed by atoms with Crippen LogP contribution in [0, 0.1) is 0 Å². The van der Waals surface area contributed by atoms with E-state index in [4.69, 9.17) is 0 Å². The molecule has 4 aromatic rings. The third-order valence-corrected chi connectivity index (χ3v) is 9.23. The summed E-state index contributed by atoms with van der Waals surface area (Å²) in [5, 5.41) is 7.25. The molecule has 240 valence electrons. The number of ether oxygens (including phenoxy) is 2. The predicted molar refractivity (Wildman–Crippen MR) is 145 cm³/mol. The molecule has 1 aliphatic rings. The molecular weight excluding hydrogens is 658 g/mol. The molecule has 5 rings (SSSR count). The molecule has 1 N–H and O–H groups in total. The van der Waals surface area contributed by atoms with Gasteiger partial charge in [0.25, 0.3) is 5.56 Å². The zero-order chi connectivity index (χ0) is 32.6. The number of piperazine rings is 1. The van der Waals surface area contributed by atoms with Crippen LogP contribution in [-0.4, -0.2) is 71.6 Å². The number of hydrogen-bond donors (Lipinski definition) is 1. The number of rotatable bonds is 8. The number of anilines is 1. The molecule has 12 nitrogen and oxygen atoms in total. The van der Waals surface area contributed by atoms with E-state index in [0.29, 0.717) is 10.7 Å². The molecular formula is C25H20F6N6O6S2. The Morgan fingerprint density at radius 3 is 2.13 bits per heavy atom. The van der Waals surface area contributed by atoms with Gasteiger partial charge in [-0.2, -0.15) is 9.29 Å². The molecule has 0 bridgehead atoms.